The number of anilines is 1. The van der Waals surface area contributed by atoms with Gasteiger partial charge in [-0.3, -0.25) is 4.79 Å². The fourth-order valence-electron chi connectivity index (χ4n) is 1.77. The number of carbonyl (C=O) groups excluding carboxylic acids is 1. The molecule has 0 saturated carbocycles. The Hall–Kier alpha value is -2.07. The van der Waals surface area contributed by atoms with E-state index >= 15 is 0 Å². The summed E-state index contributed by atoms with van der Waals surface area (Å²) in [5, 5.41) is 1.99. The molecular formula is C16H17ClN2O2. The molecule has 4 nitrogen and oxygen atoms in total. The summed E-state index contributed by atoms with van der Waals surface area (Å²) >= 11 is 6.19. The second-order valence-electron chi connectivity index (χ2n) is 4.79. The number of carbonyl (C=O) groups is 1. The van der Waals surface area contributed by atoms with E-state index in [2.05, 4.69) is 10.3 Å². The molecule has 1 heterocycles. The van der Waals surface area contributed by atoms with Crippen molar-refractivity contribution in [2.45, 2.75) is 25.3 Å². The van der Waals surface area contributed by atoms with Gasteiger partial charge in [-0.15, -0.1) is 11.6 Å². The van der Waals surface area contributed by atoms with Crippen LogP contribution in [0.1, 0.15) is 24.8 Å². The number of alkyl halides is 1. The van der Waals surface area contributed by atoms with Crippen molar-refractivity contribution in [1.29, 1.82) is 0 Å². The summed E-state index contributed by atoms with van der Waals surface area (Å²) in [5.74, 6) is 0.0715. The molecule has 0 spiro atoms. The van der Waals surface area contributed by atoms with Gasteiger partial charge in [-0.25, -0.2) is 4.98 Å². The van der Waals surface area contributed by atoms with Crippen LogP contribution in [-0.2, 0) is 4.79 Å². The van der Waals surface area contributed by atoms with Gasteiger partial charge in [-0.1, -0.05) is 30.3 Å². The fourth-order valence-corrected chi connectivity index (χ4v) is 1.97. The van der Waals surface area contributed by atoms with Crippen molar-refractivity contribution in [3.63, 3.8) is 0 Å². The van der Waals surface area contributed by atoms with Crippen LogP contribution in [0.4, 0.5) is 5.69 Å². The maximum absolute atomic E-state index is 12.2. The molecule has 1 aromatic heterocycles. The van der Waals surface area contributed by atoms with E-state index in [0.29, 0.717) is 11.6 Å². The fraction of sp³-hybridized carbons (Fsp3) is 0.250. The number of halogens is 1. The molecule has 0 bridgehead atoms. The average Bonchev–Trinajstić information content (AvgIpc) is 2.49. The molecule has 0 saturated heterocycles. The van der Waals surface area contributed by atoms with Gasteiger partial charge in [0, 0.05) is 6.20 Å². The highest BCUT2D eigenvalue weighted by Gasteiger charge is 2.19. The molecule has 0 fully saturated rings. The van der Waals surface area contributed by atoms with Gasteiger partial charge in [-0.05, 0) is 31.5 Å². The van der Waals surface area contributed by atoms with Crippen LogP contribution in [0.25, 0.3) is 0 Å². The number of amides is 1. The van der Waals surface area contributed by atoms with E-state index in [1.54, 1.807) is 18.3 Å². The van der Waals surface area contributed by atoms with Crippen molar-refractivity contribution in [2.24, 2.45) is 0 Å². The highest BCUT2D eigenvalue weighted by atomic mass is 35.5. The molecule has 0 radical (unpaired) electrons. The maximum Gasteiger partial charge on any atom is 0.247 e. The minimum absolute atomic E-state index is 0.0310. The van der Waals surface area contributed by atoms with Crippen LogP contribution >= 0.6 is 11.6 Å². The van der Waals surface area contributed by atoms with E-state index in [0.717, 1.165) is 5.56 Å². The minimum Gasteiger partial charge on any atom is -0.473 e. The Labute approximate surface area is 129 Å². The number of hydrogen-bond donors (Lipinski definition) is 1. The van der Waals surface area contributed by atoms with Crippen molar-refractivity contribution in [2.75, 3.05) is 5.32 Å². The Morgan fingerprint density at radius 3 is 2.57 bits per heavy atom. The molecule has 1 N–H and O–H groups in total. The normalized spacial score (nSPS) is 12.0. The van der Waals surface area contributed by atoms with Crippen LogP contribution in [0.2, 0.25) is 0 Å². The summed E-state index contributed by atoms with van der Waals surface area (Å²) in [7, 11) is 0. The number of pyridine rings is 1. The quantitative estimate of drug-likeness (QED) is 0.855. The van der Waals surface area contributed by atoms with E-state index in [1.165, 1.54) is 0 Å². The van der Waals surface area contributed by atoms with Crippen LogP contribution in [0.3, 0.4) is 0 Å². The van der Waals surface area contributed by atoms with Crippen molar-refractivity contribution < 1.29 is 9.53 Å². The third-order valence-electron chi connectivity index (χ3n) is 2.70. The lowest BCUT2D eigenvalue weighted by Gasteiger charge is -2.15. The van der Waals surface area contributed by atoms with Crippen molar-refractivity contribution >= 4 is 23.2 Å². The first kappa shape index (κ1) is 15.3. The van der Waals surface area contributed by atoms with Crippen LogP contribution in [0, 0.1) is 0 Å². The Bertz CT molecular complexity index is 602. The van der Waals surface area contributed by atoms with E-state index in [-0.39, 0.29) is 12.0 Å². The molecule has 2 rings (SSSR count). The molecule has 0 aliphatic heterocycles. The molecule has 21 heavy (non-hydrogen) atoms. The number of nitrogens with one attached hydrogen (secondary N) is 1. The van der Waals surface area contributed by atoms with Crippen molar-refractivity contribution in [3.8, 4) is 5.88 Å². The predicted molar refractivity (Wildman–Crippen MR) is 83.7 cm³/mol. The smallest absolute Gasteiger partial charge is 0.247 e. The standard InChI is InChI=1S/C16H17ClN2O2/c1-11(2)21-16-13(9-6-10-18-16)19-15(20)14(17)12-7-4-3-5-8-12/h3-11,14H,1-2H3,(H,19,20). The molecule has 1 unspecified atom stereocenters. The van der Waals surface area contributed by atoms with Crippen LogP contribution in [-0.4, -0.2) is 17.0 Å². The Kier molecular flexibility index (Phi) is 5.17. The van der Waals surface area contributed by atoms with Gasteiger partial charge in [0.25, 0.3) is 0 Å². The number of ether oxygens (including phenoxy) is 1. The predicted octanol–water partition coefficient (Wildman–Crippen LogP) is 3.79. The lowest BCUT2D eigenvalue weighted by molar-refractivity contribution is -0.116. The van der Waals surface area contributed by atoms with E-state index in [9.17, 15) is 4.79 Å². The molecule has 2 aromatic rings. The lowest BCUT2D eigenvalue weighted by Crippen LogP contribution is -2.19. The second kappa shape index (κ2) is 7.09. The van der Waals surface area contributed by atoms with Crippen LogP contribution in [0.15, 0.2) is 48.7 Å². The van der Waals surface area contributed by atoms with Crippen molar-refractivity contribution in [1.82, 2.24) is 4.98 Å². The summed E-state index contributed by atoms with van der Waals surface area (Å²) in [4.78, 5) is 16.3. The second-order valence-corrected chi connectivity index (χ2v) is 5.22. The van der Waals surface area contributed by atoms with Crippen LogP contribution < -0.4 is 10.1 Å². The van der Waals surface area contributed by atoms with E-state index < -0.39 is 5.38 Å². The number of benzene rings is 1. The summed E-state index contributed by atoms with van der Waals surface area (Å²) < 4.78 is 5.56. The summed E-state index contributed by atoms with van der Waals surface area (Å²) in [5.41, 5.74) is 1.25. The summed E-state index contributed by atoms with van der Waals surface area (Å²) in [6.45, 7) is 3.79. The number of nitrogens with zero attached hydrogens (tertiary/aromatic N) is 1. The maximum atomic E-state index is 12.2. The zero-order chi connectivity index (χ0) is 15.2. The Morgan fingerprint density at radius 2 is 1.90 bits per heavy atom. The van der Waals surface area contributed by atoms with E-state index in [1.807, 2.05) is 44.2 Å². The van der Waals surface area contributed by atoms with Gasteiger partial charge < -0.3 is 10.1 Å². The van der Waals surface area contributed by atoms with Gasteiger partial charge in [0.05, 0.1) is 6.10 Å². The summed E-state index contributed by atoms with van der Waals surface area (Å²) in [6.07, 6.45) is 1.58. The van der Waals surface area contributed by atoms with Gasteiger partial charge >= 0.3 is 0 Å². The largest absolute Gasteiger partial charge is 0.473 e. The highest BCUT2D eigenvalue weighted by Crippen LogP contribution is 2.26. The zero-order valence-corrected chi connectivity index (χ0v) is 12.7. The number of aromatic nitrogens is 1. The molecule has 110 valence electrons. The number of rotatable bonds is 5. The minimum atomic E-state index is -0.765. The molecular weight excluding hydrogens is 288 g/mol. The van der Waals surface area contributed by atoms with E-state index in [4.69, 9.17) is 16.3 Å². The first-order valence-electron chi connectivity index (χ1n) is 6.69. The topological polar surface area (TPSA) is 51.2 Å². The first-order valence-corrected chi connectivity index (χ1v) is 7.13. The third-order valence-corrected chi connectivity index (χ3v) is 3.15. The molecule has 1 amide bonds. The molecule has 5 heteroatoms. The van der Waals surface area contributed by atoms with Gasteiger partial charge in [0.2, 0.25) is 11.8 Å². The monoisotopic (exact) mass is 304 g/mol. The Morgan fingerprint density at radius 1 is 1.19 bits per heavy atom. The molecule has 1 atom stereocenters. The van der Waals surface area contributed by atoms with Crippen LogP contribution in [0.5, 0.6) is 5.88 Å². The average molecular weight is 305 g/mol. The highest BCUT2D eigenvalue weighted by molar-refractivity contribution is 6.32. The van der Waals surface area contributed by atoms with Gasteiger partial charge in [0.1, 0.15) is 11.1 Å². The summed E-state index contributed by atoms with van der Waals surface area (Å²) in [6, 6.07) is 12.6. The molecule has 0 aliphatic carbocycles. The first-order chi connectivity index (χ1) is 10.1. The molecule has 0 aliphatic rings. The van der Waals surface area contributed by atoms with Crippen molar-refractivity contribution in [3.05, 3.63) is 54.2 Å². The molecule has 1 aromatic carbocycles. The Balaban J connectivity index is 2.13. The number of hydrogen-bond acceptors (Lipinski definition) is 3. The third kappa shape index (κ3) is 4.20. The SMILES string of the molecule is CC(C)Oc1ncccc1NC(=O)C(Cl)c1ccccc1. The van der Waals surface area contributed by atoms with Gasteiger partial charge in [0.15, 0.2) is 0 Å². The lowest BCUT2D eigenvalue weighted by atomic mass is 10.1. The zero-order valence-electron chi connectivity index (χ0n) is 11.9. The van der Waals surface area contributed by atoms with Gasteiger partial charge in [-0.2, -0.15) is 0 Å².